The van der Waals surface area contributed by atoms with Gasteiger partial charge in [0.2, 0.25) is 5.88 Å². The first-order valence-corrected chi connectivity index (χ1v) is 8.57. The van der Waals surface area contributed by atoms with Gasteiger partial charge in [0.05, 0.1) is 11.5 Å². The maximum absolute atomic E-state index is 10.9. The van der Waals surface area contributed by atoms with Crippen LogP contribution >= 0.6 is 11.3 Å². The number of aryl methyl sites for hydroxylation is 1. The van der Waals surface area contributed by atoms with Gasteiger partial charge in [0.25, 0.3) is 0 Å². The smallest absolute Gasteiger partial charge is 0.405 e. The van der Waals surface area contributed by atoms with Gasteiger partial charge < -0.3 is 15.2 Å². The predicted molar refractivity (Wildman–Crippen MR) is 94.1 cm³/mol. The highest BCUT2D eigenvalue weighted by molar-refractivity contribution is 7.15. The van der Waals surface area contributed by atoms with Crippen molar-refractivity contribution in [3.05, 3.63) is 29.4 Å². The summed E-state index contributed by atoms with van der Waals surface area (Å²) in [6, 6.07) is 3.85. The summed E-state index contributed by atoms with van der Waals surface area (Å²) in [4.78, 5) is 20.5. The van der Waals surface area contributed by atoms with Crippen molar-refractivity contribution in [1.82, 2.24) is 9.97 Å². The summed E-state index contributed by atoms with van der Waals surface area (Å²) in [6.07, 6.45) is 3.38. The van der Waals surface area contributed by atoms with E-state index in [1.54, 1.807) is 23.7 Å². The summed E-state index contributed by atoms with van der Waals surface area (Å²) in [5, 5.41) is 0.912. The van der Waals surface area contributed by atoms with E-state index in [0.29, 0.717) is 18.9 Å². The van der Waals surface area contributed by atoms with Crippen molar-refractivity contribution in [3.63, 3.8) is 0 Å². The number of pyridine rings is 1. The highest BCUT2D eigenvalue weighted by Crippen LogP contribution is 2.32. The van der Waals surface area contributed by atoms with Crippen LogP contribution in [-0.4, -0.2) is 28.3 Å². The topological polar surface area (TPSA) is 87.3 Å². The Morgan fingerprint density at radius 1 is 1.38 bits per heavy atom. The third kappa shape index (κ3) is 5.19. The number of hydrogen-bond acceptors (Lipinski definition) is 6. The van der Waals surface area contributed by atoms with E-state index < -0.39 is 11.7 Å². The van der Waals surface area contributed by atoms with E-state index in [-0.39, 0.29) is 5.92 Å². The molecular weight excluding hydrogens is 326 g/mol. The van der Waals surface area contributed by atoms with Crippen LogP contribution in [0.15, 0.2) is 24.5 Å². The van der Waals surface area contributed by atoms with Crippen molar-refractivity contribution in [2.24, 2.45) is 11.7 Å². The normalized spacial score (nSPS) is 12.7. The van der Waals surface area contributed by atoms with Crippen LogP contribution in [0.4, 0.5) is 4.79 Å². The third-order valence-electron chi connectivity index (χ3n) is 3.40. The van der Waals surface area contributed by atoms with Crippen LogP contribution < -0.4 is 10.5 Å². The van der Waals surface area contributed by atoms with E-state index in [1.807, 2.05) is 39.8 Å². The summed E-state index contributed by atoms with van der Waals surface area (Å²) in [6.45, 7) is 8.19. The zero-order chi connectivity index (χ0) is 17.7. The molecule has 0 unspecified atom stereocenters. The van der Waals surface area contributed by atoms with Gasteiger partial charge in [-0.15, -0.1) is 11.3 Å². The average molecular weight is 349 g/mol. The average Bonchev–Trinajstić information content (AvgIpc) is 2.85. The molecule has 2 aromatic rings. The molecule has 0 saturated carbocycles. The number of carbonyl (C=O) groups is 1. The molecule has 0 bridgehead atoms. The van der Waals surface area contributed by atoms with Crippen molar-refractivity contribution >= 4 is 17.4 Å². The number of nitrogens with zero attached hydrogens (tertiary/aromatic N) is 2. The summed E-state index contributed by atoms with van der Waals surface area (Å²) in [7, 11) is 0. The van der Waals surface area contributed by atoms with Crippen molar-refractivity contribution in [2.75, 3.05) is 6.61 Å². The molecule has 1 atom stereocenters. The van der Waals surface area contributed by atoms with Gasteiger partial charge in [-0.25, -0.2) is 9.78 Å². The van der Waals surface area contributed by atoms with Gasteiger partial charge in [-0.05, 0) is 45.2 Å². The summed E-state index contributed by atoms with van der Waals surface area (Å²) >= 11 is 1.59. The van der Waals surface area contributed by atoms with Crippen molar-refractivity contribution in [2.45, 2.75) is 39.7 Å². The second-order valence-electron chi connectivity index (χ2n) is 6.42. The molecule has 130 valence electrons. The first kappa shape index (κ1) is 18.2. The molecule has 6 nitrogen and oxygen atoms in total. The Morgan fingerprint density at radius 3 is 2.67 bits per heavy atom. The van der Waals surface area contributed by atoms with Crippen LogP contribution in [0, 0.1) is 12.8 Å². The Balaban J connectivity index is 1.95. The van der Waals surface area contributed by atoms with Crippen LogP contribution in [0.3, 0.4) is 0 Å². The highest BCUT2D eigenvalue weighted by Gasteiger charge is 2.25. The minimum atomic E-state index is -0.759. The van der Waals surface area contributed by atoms with E-state index in [9.17, 15) is 4.79 Å². The Hall–Kier alpha value is -2.15. The molecule has 2 heterocycles. The van der Waals surface area contributed by atoms with Gasteiger partial charge in [-0.2, -0.15) is 0 Å². The molecule has 7 heteroatoms. The van der Waals surface area contributed by atoms with E-state index in [2.05, 4.69) is 9.97 Å². The molecule has 0 aliphatic heterocycles. The Kier molecular flexibility index (Phi) is 5.77. The maximum Gasteiger partial charge on any atom is 0.405 e. The van der Waals surface area contributed by atoms with Gasteiger partial charge in [0.1, 0.15) is 10.6 Å². The molecule has 0 aliphatic carbocycles. The van der Waals surface area contributed by atoms with Gasteiger partial charge in [-0.3, -0.25) is 4.98 Å². The van der Waals surface area contributed by atoms with Gasteiger partial charge >= 0.3 is 6.09 Å². The van der Waals surface area contributed by atoms with Gasteiger partial charge in [-0.1, -0.05) is 6.92 Å². The van der Waals surface area contributed by atoms with Crippen LogP contribution in [0.5, 0.6) is 5.88 Å². The lowest BCUT2D eigenvalue weighted by Gasteiger charge is -2.27. The van der Waals surface area contributed by atoms with Crippen LogP contribution in [0.1, 0.15) is 32.1 Å². The maximum atomic E-state index is 10.9. The van der Waals surface area contributed by atoms with Crippen LogP contribution in [0.25, 0.3) is 10.6 Å². The first-order valence-electron chi connectivity index (χ1n) is 7.76. The number of rotatable bonds is 7. The van der Waals surface area contributed by atoms with E-state index in [1.165, 1.54) is 0 Å². The Bertz CT molecular complexity index is 686. The summed E-state index contributed by atoms with van der Waals surface area (Å²) in [5.74, 6) is 0.831. The Labute approximate surface area is 146 Å². The number of ether oxygens (including phenoxy) is 2. The second kappa shape index (κ2) is 7.61. The standard InChI is InChI=1S/C17H23N3O3S/c1-11(9-17(3,4)23-16(18)21)10-22-14-12(2)24-15(20-14)13-5-7-19-8-6-13/h5-8,11H,9-10H2,1-4H3,(H2,18,21)/t11-/m0/s1. The summed E-state index contributed by atoms with van der Waals surface area (Å²) < 4.78 is 11.0. The highest BCUT2D eigenvalue weighted by atomic mass is 32.1. The van der Waals surface area contributed by atoms with Crippen LogP contribution in [0.2, 0.25) is 0 Å². The molecule has 2 N–H and O–H groups in total. The first-order chi connectivity index (χ1) is 11.3. The fraction of sp³-hybridized carbons (Fsp3) is 0.471. The van der Waals surface area contributed by atoms with Gasteiger partial charge in [0, 0.05) is 18.0 Å². The third-order valence-corrected chi connectivity index (χ3v) is 4.40. The molecule has 0 spiro atoms. The minimum Gasteiger partial charge on any atom is -0.477 e. The molecule has 0 aromatic carbocycles. The largest absolute Gasteiger partial charge is 0.477 e. The SMILES string of the molecule is Cc1sc(-c2ccncc2)nc1OC[C@@H](C)CC(C)(C)OC(N)=O. The second-order valence-corrected chi connectivity index (χ2v) is 7.62. The van der Waals surface area contributed by atoms with Gasteiger partial charge in [0.15, 0.2) is 0 Å². The minimum absolute atomic E-state index is 0.185. The molecular formula is C17H23N3O3S. The molecule has 2 rings (SSSR count). The molecule has 0 radical (unpaired) electrons. The molecule has 0 aliphatic rings. The van der Waals surface area contributed by atoms with Crippen LogP contribution in [-0.2, 0) is 4.74 Å². The molecule has 1 amide bonds. The zero-order valence-electron chi connectivity index (χ0n) is 14.4. The lowest BCUT2D eigenvalue weighted by atomic mass is 9.95. The van der Waals surface area contributed by atoms with Crippen molar-refractivity contribution in [1.29, 1.82) is 0 Å². The Morgan fingerprint density at radius 2 is 2.04 bits per heavy atom. The number of amides is 1. The monoisotopic (exact) mass is 349 g/mol. The lowest BCUT2D eigenvalue weighted by molar-refractivity contribution is 0.0226. The number of primary amides is 1. The van der Waals surface area contributed by atoms with Crippen molar-refractivity contribution in [3.8, 4) is 16.5 Å². The van der Waals surface area contributed by atoms with Crippen molar-refractivity contribution < 1.29 is 14.3 Å². The molecule has 0 saturated heterocycles. The van der Waals surface area contributed by atoms with E-state index in [4.69, 9.17) is 15.2 Å². The number of hydrogen-bond donors (Lipinski definition) is 1. The van der Waals surface area contributed by atoms with E-state index in [0.717, 1.165) is 15.4 Å². The number of aromatic nitrogens is 2. The molecule has 24 heavy (non-hydrogen) atoms. The number of thiazole rings is 1. The zero-order valence-corrected chi connectivity index (χ0v) is 15.2. The summed E-state index contributed by atoms with van der Waals surface area (Å²) in [5.41, 5.74) is 5.50. The number of carbonyl (C=O) groups excluding carboxylic acids is 1. The predicted octanol–water partition coefficient (Wildman–Crippen LogP) is 3.79. The molecule has 2 aromatic heterocycles. The molecule has 0 fully saturated rings. The lowest BCUT2D eigenvalue weighted by Crippen LogP contribution is -2.33. The van der Waals surface area contributed by atoms with E-state index >= 15 is 0 Å². The fourth-order valence-corrected chi connectivity index (χ4v) is 3.43. The fourth-order valence-electron chi connectivity index (χ4n) is 2.57. The number of nitrogens with two attached hydrogens (primary N) is 1. The quantitative estimate of drug-likeness (QED) is 0.821.